The molecule has 2 amide bonds. The summed E-state index contributed by atoms with van der Waals surface area (Å²) in [6.07, 6.45) is -0.546. The second kappa shape index (κ2) is 5.74. The molecular weight excluding hydrogens is 326 g/mol. The minimum absolute atomic E-state index is 0.0386. The lowest BCUT2D eigenvalue weighted by atomic mass is 10.1. The molecule has 0 fully saturated rings. The number of fused-ring (bicyclic) bond motifs is 1. The molecule has 124 valence electrons. The van der Waals surface area contributed by atoms with Crippen LogP contribution in [0.1, 0.15) is 41.0 Å². The fraction of sp³-hybridized carbons (Fsp3) is 0.357. The van der Waals surface area contributed by atoms with Gasteiger partial charge in [0.1, 0.15) is 0 Å². The van der Waals surface area contributed by atoms with E-state index in [2.05, 4.69) is 0 Å². The number of carbonyl (C=O) groups excluding carboxylic acids is 3. The van der Waals surface area contributed by atoms with Gasteiger partial charge < -0.3 is 4.74 Å². The molecule has 0 saturated heterocycles. The van der Waals surface area contributed by atoms with E-state index in [1.54, 1.807) is 0 Å². The lowest BCUT2D eigenvalue weighted by molar-refractivity contribution is -0.150. The first-order valence-corrected chi connectivity index (χ1v) is 8.28. The van der Waals surface area contributed by atoms with Gasteiger partial charge >= 0.3 is 16.1 Å². The quantitative estimate of drug-likeness (QED) is 0.479. The van der Waals surface area contributed by atoms with Crippen molar-refractivity contribution in [3.63, 3.8) is 0 Å². The van der Waals surface area contributed by atoms with Crippen molar-refractivity contribution in [3.8, 4) is 0 Å². The van der Waals surface area contributed by atoms with Crippen LogP contribution in [0.3, 0.4) is 0 Å². The summed E-state index contributed by atoms with van der Waals surface area (Å²) in [6.45, 7) is 2.51. The Kier molecular flexibility index (Phi) is 4.27. The van der Waals surface area contributed by atoms with Crippen LogP contribution >= 0.6 is 0 Å². The number of benzene rings is 1. The molecule has 8 nitrogen and oxygen atoms in total. The maximum atomic E-state index is 12.5. The van der Waals surface area contributed by atoms with Crippen molar-refractivity contribution in [1.29, 1.82) is 0 Å². The standard InChI is InChI=1S/C14H15NO7S/c1-3-14(23(19,20)21,13(18)22-4-2)15-11(16)9-7-5-6-8-10(9)12(15)17/h5-8H,3-4H2,1-2H3,(H,19,20,21). The fourth-order valence-electron chi connectivity index (χ4n) is 2.56. The Morgan fingerprint density at radius 2 is 1.65 bits per heavy atom. The zero-order valence-electron chi connectivity index (χ0n) is 12.5. The molecule has 0 saturated carbocycles. The third-order valence-corrected chi connectivity index (χ3v) is 5.15. The lowest BCUT2D eigenvalue weighted by Gasteiger charge is -2.34. The predicted molar refractivity (Wildman–Crippen MR) is 78.1 cm³/mol. The summed E-state index contributed by atoms with van der Waals surface area (Å²) in [7, 11) is -5.16. The molecule has 23 heavy (non-hydrogen) atoms. The van der Waals surface area contributed by atoms with Crippen LogP contribution in [-0.4, -0.2) is 47.1 Å². The molecule has 1 unspecified atom stereocenters. The Hall–Kier alpha value is -2.26. The van der Waals surface area contributed by atoms with E-state index in [4.69, 9.17) is 4.74 Å². The van der Waals surface area contributed by atoms with E-state index >= 15 is 0 Å². The molecule has 0 aromatic heterocycles. The van der Waals surface area contributed by atoms with Crippen LogP contribution in [0.4, 0.5) is 0 Å². The number of nitrogens with zero attached hydrogens (tertiary/aromatic N) is 1. The molecule has 0 spiro atoms. The summed E-state index contributed by atoms with van der Waals surface area (Å²) in [5, 5.41) is 0. The molecule has 0 aliphatic carbocycles. The topological polar surface area (TPSA) is 118 Å². The number of imide groups is 1. The minimum atomic E-state index is -5.16. The van der Waals surface area contributed by atoms with Crippen molar-refractivity contribution < 1.29 is 32.1 Å². The van der Waals surface area contributed by atoms with Crippen LogP contribution in [0.2, 0.25) is 0 Å². The van der Waals surface area contributed by atoms with E-state index in [-0.39, 0.29) is 22.6 Å². The highest BCUT2D eigenvalue weighted by atomic mass is 32.2. The molecule has 9 heteroatoms. The van der Waals surface area contributed by atoms with Gasteiger partial charge in [-0.25, -0.2) is 9.69 Å². The molecule has 1 atom stereocenters. The summed E-state index contributed by atoms with van der Waals surface area (Å²) in [5.41, 5.74) is -0.0773. The highest BCUT2D eigenvalue weighted by Gasteiger charge is 2.62. The number of hydrogen-bond donors (Lipinski definition) is 1. The molecular formula is C14H15NO7S. The van der Waals surface area contributed by atoms with Gasteiger partial charge in [-0.2, -0.15) is 8.42 Å². The monoisotopic (exact) mass is 341 g/mol. The minimum Gasteiger partial charge on any atom is -0.463 e. The molecule has 1 aromatic rings. The number of ether oxygens (including phenoxy) is 1. The SMILES string of the molecule is CCOC(=O)C(CC)(N1C(=O)c2ccccc2C1=O)S(=O)(=O)O. The van der Waals surface area contributed by atoms with Crippen LogP contribution in [0.25, 0.3) is 0 Å². The van der Waals surface area contributed by atoms with Gasteiger partial charge in [0.15, 0.2) is 0 Å². The normalized spacial score (nSPS) is 16.9. The molecule has 0 radical (unpaired) electrons. The van der Waals surface area contributed by atoms with Crippen molar-refractivity contribution in [2.75, 3.05) is 6.61 Å². The number of rotatable bonds is 5. The largest absolute Gasteiger partial charge is 0.463 e. The summed E-state index contributed by atoms with van der Waals surface area (Å²) in [6, 6.07) is 5.67. The first-order valence-electron chi connectivity index (χ1n) is 6.84. The van der Waals surface area contributed by atoms with Crippen LogP contribution < -0.4 is 0 Å². The van der Waals surface area contributed by atoms with Gasteiger partial charge in [0, 0.05) is 0 Å². The molecule has 1 aromatic carbocycles. The lowest BCUT2D eigenvalue weighted by Crippen LogP contribution is -2.62. The van der Waals surface area contributed by atoms with Crippen molar-refractivity contribution in [3.05, 3.63) is 35.4 Å². The van der Waals surface area contributed by atoms with Gasteiger partial charge in [-0.05, 0) is 25.5 Å². The average Bonchev–Trinajstić information content (AvgIpc) is 2.73. The summed E-state index contributed by atoms with van der Waals surface area (Å²) < 4.78 is 38.2. The highest BCUT2D eigenvalue weighted by Crippen LogP contribution is 2.35. The maximum Gasteiger partial charge on any atom is 0.351 e. The third kappa shape index (κ3) is 2.32. The Labute approximate surface area is 132 Å². The van der Waals surface area contributed by atoms with Gasteiger partial charge in [0.05, 0.1) is 17.7 Å². The van der Waals surface area contributed by atoms with Gasteiger partial charge in [0.25, 0.3) is 16.7 Å². The zero-order valence-corrected chi connectivity index (χ0v) is 13.3. The Morgan fingerprint density at radius 1 is 1.17 bits per heavy atom. The Balaban J connectivity index is 2.70. The summed E-state index contributed by atoms with van der Waals surface area (Å²) in [4.78, 5) is 34.7. The van der Waals surface area contributed by atoms with Crippen molar-refractivity contribution in [2.45, 2.75) is 25.1 Å². The second-order valence-corrected chi connectivity index (χ2v) is 6.45. The number of carbonyl (C=O) groups is 3. The van der Waals surface area contributed by atoms with Gasteiger partial charge in [-0.1, -0.05) is 19.1 Å². The van der Waals surface area contributed by atoms with Crippen LogP contribution in [0.5, 0.6) is 0 Å². The fourth-order valence-corrected chi connectivity index (χ4v) is 3.59. The molecule has 0 bridgehead atoms. The third-order valence-electron chi connectivity index (χ3n) is 3.66. The van der Waals surface area contributed by atoms with E-state index in [0.717, 1.165) is 0 Å². The number of esters is 1. The summed E-state index contributed by atoms with van der Waals surface area (Å²) >= 11 is 0. The summed E-state index contributed by atoms with van der Waals surface area (Å²) in [5.74, 6) is -3.32. The van der Waals surface area contributed by atoms with Crippen molar-refractivity contribution in [1.82, 2.24) is 4.90 Å². The molecule has 2 rings (SSSR count). The van der Waals surface area contributed by atoms with Crippen molar-refractivity contribution in [2.24, 2.45) is 0 Å². The first-order chi connectivity index (χ1) is 10.7. The van der Waals surface area contributed by atoms with E-state index in [0.29, 0.717) is 0 Å². The molecule has 1 N–H and O–H groups in total. The molecule has 1 aliphatic rings. The number of amides is 2. The number of hydrogen-bond acceptors (Lipinski definition) is 6. The van der Waals surface area contributed by atoms with E-state index in [1.165, 1.54) is 38.1 Å². The van der Waals surface area contributed by atoms with Gasteiger partial charge in [0.2, 0.25) is 0 Å². The van der Waals surface area contributed by atoms with Gasteiger partial charge in [-0.15, -0.1) is 0 Å². The van der Waals surface area contributed by atoms with Gasteiger partial charge in [-0.3, -0.25) is 14.1 Å². The molecule has 1 aliphatic heterocycles. The van der Waals surface area contributed by atoms with Crippen LogP contribution in [-0.2, 0) is 19.6 Å². The Bertz CT molecular complexity index is 751. The highest BCUT2D eigenvalue weighted by molar-refractivity contribution is 7.88. The van der Waals surface area contributed by atoms with Crippen LogP contribution in [0, 0.1) is 0 Å². The van der Waals surface area contributed by atoms with Crippen molar-refractivity contribution >= 4 is 27.9 Å². The van der Waals surface area contributed by atoms with E-state index in [9.17, 15) is 27.4 Å². The smallest absolute Gasteiger partial charge is 0.351 e. The average molecular weight is 341 g/mol. The molecule has 1 heterocycles. The van der Waals surface area contributed by atoms with E-state index < -0.39 is 39.2 Å². The van der Waals surface area contributed by atoms with Crippen LogP contribution in [0.15, 0.2) is 24.3 Å². The zero-order chi connectivity index (χ0) is 17.4. The van der Waals surface area contributed by atoms with E-state index in [1.807, 2.05) is 0 Å². The first kappa shape index (κ1) is 17.1. The second-order valence-electron chi connectivity index (χ2n) is 4.82. The predicted octanol–water partition coefficient (Wildman–Crippen LogP) is 0.840. The maximum absolute atomic E-state index is 12.5. The Morgan fingerprint density at radius 3 is 2.00 bits per heavy atom.